The van der Waals surface area contributed by atoms with Crippen molar-refractivity contribution in [3.8, 4) is 11.5 Å². The van der Waals surface area contributed by atoms with E-state index in [1.807, 2.05) is 45.0 Å². The van der Waals surface area contributed by atoms with Crippen LogP contribution in [0.2, 0.25) is 0 Å². The summed E-state index contributed by atoms with van der Waals surface area (Å²) < 4.78 is 47.8. The second-order valence-corrected chi connectivity index (χ2v) is 12.8. The maximum atomic E-state index is 12.3. The van der Waals surface area contributed by atoms with Crippen molar-refractivity contribution in [1.82, 2.24) is 0 Å². The van der Waals surface area contributed by atoms with E-state index in [9.17, 15) is 28.2 Å². The number of aryl methyl sites for hydroxylation is 2. The number of alkyl halides is 3. The Labute approximate surface area is 251 Å². The third kappa shape index (κ3) is 13.7. The number of halogens is 3. The SMILES string of the molecule is CC(C)(O)COc1ccc2c(c1)CCC2.CC(C)(O)COc1ccc2c(c1)N(C(=O)OC(C)(C)C)CC2.O=CC(F)(F)F. The summed E-state index contributed by atoms with van der Waals surface area (Å²) in [7, 11) is 0. The van der Waals surface area contributed by atoms with Crippen molar-refractivity contribution in [3.63, 3.8) is 0 Å². The molecule has 11 heteroatoms. The number of rotatable bonds is 6. The molecule has 2 aliphatic rings. The first kappa shape index (κ1) is 35.9. The molecule has 2 N–H and O–H groups in total. The van der Waals surface area contributed by atoms with Crippen LogP contribution in [-0.2, 0) is 28.8 Å². The van der Waals surface area contributed by atoms with E-state index in [0.29, 0.717) is 18.9 Å². The Hall–Kier alpha value is -3.31. The van der Waals surface area contributed by atoms with E-state index in [0.717, 1.165) is 29.8 Å². The Morgan fingerprint density at radius 1 is 0.814 bits per heavy atom. The highest BCUT2D eigenvalue weighted by Gasteiger charge is 2.29. The van der Waals surface area contributed by atoms with Gasteiger partial charge in [-0.2, -0.15) is 13.2 Å². The van der Waals surface area contributed by atoms with Gasteiger partial charge in [0.2, 0.25) is 6.29 Å². The van der Waals surface area contributed by atoms with Crippen molar-refractivity contribution in [2.75, 3.05) is 24.7 Å². The first-order chi connectivity index (χ1) is 19.7. The molecule has 2 aromatic rings. The summed E-state index contributed by atoms with van der Waals surface area (Å²) >= 11 is 0. The van der Waals surface area contributed by atoms with E-state index < -0.39 is 29.3 Å². The number of aliphatic hydroxyl groups is 2. The molecule has 0 fully saturated rings. The van der Waals surface area contributed by atoms with Gasteiger partial charge in [-0.05, 0) is 109 Å². The zero-order valence-electron chi connectivity index (χ0n) is 26.0. The second-order valence-electron chi connectivity index (χ2n) is 12.8. The number of fused-ring (bicyclic) bond motifs is 2. The summed E-state index contributed by atoms with van der Waals surface area (Å²) in [5, 5.41) is 19.3. The van der Waals surface area contributed by atoms with Gasteiger partial charge >= 0.3 is 12.3 Å². The number of aldehydes is 1. The Bertz CT molecular complexity index is 1230. The fourth-order valence-electron chi connectivity index (χ4n) is 4.11. The Balaban J connectivity index is 0.000000264. The predicted molar refractivity (Wildman–Crippen MR) is 158 cm³/mol. The average Bonchev–Trinajstić information content (AvgIpc) is 3.51. The first-order valence-electron chi connectivity index (χ1n) is 14.1. The van der Waals surface area contributed by atoms with E-state index in [4.69, 9.17) is 19.0 Å². The van der Waals surface area contributed by atoms with E-state index in [-0.39, 0.29) is 12.7 Å². The summed E-state index contributed by atoms with van der Waals surface area (Å²) in [6, 6.07) is 11.9. The Morgan fingerprint density at radius 3 is 1.79 bits per heavy atom. The molecule has 1 aliphatic carbocycles. The molecule has 0 spiro atoms. The fraction of sp³-hybridized carbons (Fsp3) is 0.562. The summed E-state index contributed by atoms with van der Waals surface area (Å²) in [5.74, 6) is 1.51. The number of nitrogens with zero attached hydrogens (tertiary/aromatic N) is 1. The second kappa shape index (κ2) is 14.4. The lowest BCUT2D eigenvalue weighted by atomic mass is 10.1. The van der Waals surface area contributed by atoms with Crippen LogP contribution in [-0.4, -0.2) is 65.3 Å². The minimum Gasteiger partial charge on any atom is -0.491 e. The highest BCUT2D eigenvalue weighted by atomic mass is 19.4. The molecule has 0 saturated heterocycles. The van der Waals surface area contributed by atoms with Gasteiger partial charge < -0.3 is 24.4 Å². The van der Waals surface area contributed by atoms with Crippen LogP contribution in [0.5, 0.6) is 11.5 Å². The van der Waals surface area contributed by atoms with Crippen LogP contribution in [0.4, 0.5) is 23.7 Å². The molecule has 8 nitrogen and oxygen atoms in total. The molecule has 240 valence electrons. The van der Waals surface area contributed by atoms with Crippen LogP contribution in [0, 0.1) is 0 Å². The molecular weight excluding hydrogens is 567 g/mol. The first-order valence-corrected chi connectivity index (χ1v) is 14.1. The van der Waals surface area contributed by atoms with Crippen LogP contribution < -0.4 is 14.4 Å². The van der Waals surface area contributed by atoms with Gasteiger partial charge in [0.15, 0.2) is 0 Å². The number of benzene rings is 2. The average molecular weight is 612 g/mol. The predicted octanol–water partition coefficient (Wildman–Crippen LogP) is 6.21. The number of amides is 1. The molecule has 1 aliphatic heterocycles. The number of hydrogen-bond donors (Lipinski definition) is 2. The molecule has 0 unspecified atom stereocenters. The smallest absolute Gasteiger partial charge is 0.446 e. The van der Waals surface area contributed by atoms with Crippen LogP contribution in [0.3, 0.4) is 0 Å². The molecule has 1 amide bonds. The quantitative estimate of drug-likeness (QED) is 0.375. The van der Waals surface area contributed by atoms with Crippen LogP contribution in [0.25, 0.3) is 0 Å². The third-order valence-electron chi connectivity index (χ3n) is 5.95. The number of ether oxygens (including phenoxy) is 3. The molecule has 0 aromatic heterocycles. The summed E-state index contributed by atoms with van der Waals surface area (Å²) in [4.78, 5) is 22.6. The highest BCUT2D eigenvalue weighted by Crippen LogP contribution is 2.33. The fourth-order valence-corrected chi connectivity index (χ4v) is 4.11. The highest BCUT2D eigenvalue weighted by molar-refractivity contribution is 5.90. The van der Waals surface area contributed by atoms with Crippen LogP contribution in [0.1, 0.15) is 71.6 Å². The molecule has 0 atom stereocenters. The van der Waals surface area contributed by atoms with Gasteiger partial charge in [0.05, 0.1) is 16.9 Å². The van der Waals surface area contributed by atoms with Gasteiger partial charge in [-0.1, -0.05) is 12.1 Å². The molecule has 0 bridgehead atoms. The molecule has 2 aromatic carbocycles. The Kier molecular flexibility index (Phi) is 12.1. The molecule has 0 radical (unpaired) electrons. The third-order valence-corrected chi connectivity index (χ3v) is 5.95. The largest absolute Gasteiger partial charge is 0.491 e. The molecule has 4 rings (SSSR count). The standard InChI is InChI=1S/C17H25NO4.C13H18O2.C2HF3O/c1-16(2,3)22-15(19)18-9-8-12-6-7-13(10-14(12)18)21-11-17(4,5)20;1-13(2,14)9-15-12-7-6-10-4-3-5-11(10)8-12;3-2(4,5)1-6/h6-7,10,20H,8-9,11H2,1-5H3;6-8,14H,3-5,9H2,1-2H3;1H. The lowest BCUT2D eigenvalue weighted by Gasteiger charge is -2.25. The van der Waals surface area contributed by atoms with Crippen LogP contribution in [0.15, 0.2) is 36.4 Å². The van der Waals surface area contributed by atoms with E-state index in [2.05, 4.69) is 12.1 Å². The van der Waals surface area contributed by atoms with Gasteiger partial charge in [0.1, 0.15) is 30.3 Å². The van der Waals surface area contributed by atoms with Crippen LogP contribution >= 0.6 is 0 Å². The van der Waals surface area contributed by atoms with Crippen molar-refractivity contribution in [2.24, 2.45) is 0 Å². The topological polar surface area (TPSA) is 106 Å². The summed E-state index contributed by atoms with van der Waals surface area (Å²) in [5.41, 5.74) is 2.59. The number of hydrogen-bond acceptors (Lipinski definition) is 7. The van der Waals surface area contributed by atoms with Crippen molar-refractivity contribution >= 4 is 18.1 Å². The number of carbonyl (C=O) groups excluding carboxylic acids is 2. The maximum absolute atomic E-state index is 12.3. The normalized spacial score (nSPS) is 14.4. The van der Waals surface area contributed by atoms with Gasteiger partial charge in [-0.3, -0.25) is 9.69 Å². The lowest BCUT2D eigenvalue weighted by Crippen LogP contribution is -2.35. The van der Waals surface area contributed by atoms with Gasteiger partial charge in [0, 0.05) is 12.6 Å². The van der Waals surface area contributed by atoms with Crippen molar-refractivity contribution in [1.29, 1.82) is 0 Å². The van der Waals surface area contributed by atoms with Gasteiger partial charge in [0.25, 0.3) is 0 Å². The minimum atomic E-state index is -4.64. The monoisotopic (exact) mass is 611 g/mol. The number of anilines is 1. The zero-order valence-corrected chi connectivity index (χ0v) is 26.0. The van der Waals surface area contributed by atoms with E-state index >= 15 is 0 Å². The summed E-state index contributed by atoms with van der Waals surface area (Å²) in [6.07, 6.45) is -1.63. The number of carbonyl (C=O) groups is 2. The Morgan fingerprint density at radius 2 is 1.30 bits per heavy atom. The maximum Gasteiger partial charge on any atom is 0.446 e. The molecule has 0 saturated carbocycles. The molecule has 43 heavy (non-hydrogen) atoms. The van der Waals surface area contributed by atoms with Gasteiger partial charge in [-0.15, -0.1) is 0 Å². The molecule has 1 heterocycles. The minimum absolute atomic E-state index is 0.193. The van der Waals surface area contributed by atoms with Crippen molar-refractivity contribution < 1.29 is 47.2 Å². The van der Waals surface area contributed by atoms with Crippen molar-refractivity contribution in [2.45, 2.75) is 97.1 Å². The van der Waals surface area contributed by atoms with E-state index in [1.165, 1.54) is 24.0 Å². The van der Waals surface area contributed by atoms with Gasteiger partial charge in [-0.25, -0.2) is 4.79 Å². The molecular formula is C32H44F3NO7. The summed E-state index contributed by atoms with van der Waals surface area (Å²) in [6.45, 7) is 13.6. The lowest BCUT2D eigenvalue weighted by molar-refractivity contribution is -0.156. The van der Waals surface area contributed by atoms with Crippen molar-refractivity contribution in [3.05, 3.63) is 53.1 Å². The zero-order chi connectivity index (χ0) is 32.6. The van der Waals surface area contributed by atoms with E-state index in [1.54, 1.807) is 32.6 Å².